The third-order valence-electron chi connectivity index (χ3n) is 5.55. The van der Waals surface area contributed by atoms with E-state index in [1.807, 2.05) is 4.68 Å². The number of nitrogen functional groups attached to an aromatic ring is 1. The summed E-state index contributed by atoms with van der Waals surface area (Å²) in [5.41, 5.74) is 11.4. The molecule has 0 radical (unpaired) electrons. The molecule has 7 heteroatoms. The van der Waals surface area contributed by atoms with E-state index in [0.717, 1.165) is 25.3 Å². The molecular weight excluding hydrogens is 369 g/mol. The number of fused-ring (bicyclic) bond motifs is 2. The number of aryl methyl sites for hydroxylation is 2. The Balaban J connectivity index is 1.77. The van der Waals surface area contributed by atoms with E-state index < -0.39 is 5.82 Å². The first-order chi connectivity index (χ1) is 14.0. The highest BCUT2D eigenvalue weighted by molar-refractivity contribution is 5.98. The van der Waals surface area contributed by atoms with Crippen LogP contribution in [0.1, 0.15) is 35.6 Å². The van der Waals surface area contributed by atoms with Gasteiger partial charge in [0.25, 0.3) is 0 Å². The van der Waals surface area contributed by atoms with E-state index in [9.17, 15) is 9.50 Å². The Morgan fingerprint density at radius 1 is 1.17 bits per heavy atom. The van der Waals surface area contributed by atoms with Crippen molar-refractivity contribution in [3.63, 3.8) is 0 Å². The fraction of sp³-hybridized carbons (Fsp3) is 0.227. The van der Waals surface area contributed by atoms with Crippen molar-refractivity contribution in [2.45, 2.75) is 32.2 Å². The number of hydrogen-bond donors (Lipinski definition) is 2. The Morgan fingerprint density at radius 2 is 2.03 bits per heavy atom. The lowest BCUT2D eigenvalue weighted by Crippen LogP contribution is -2.19. The first-order valence-corrected chi connectivity index (χ1v) is 9.59. The summed E-state index contributed by atoms with van der Waals surface area (Å²) in [5, 5.41) is 15.3. The lowest BCUT2D eigenvalue weighted by atomic mass is 9.87. The molecule has 2 aromatic carbocycles. The van der Waals surface area contributed by atoms with Crippen LogP contribution < -0.4 is 5.73 Å². The Hall–Kier alpha value is -3.48. The van der Waals surface area contributed by atoms with Crippen LogP contribution in [0.5, 0.6) is 5.75 Å². The molecule has 1 aliphatic rings. The molecule has 0 bridgehead atoms. The van der Waals surface area contributed by atoms with Gasteiger partial charge in [-0.2, -0.15) is 5.10 Å². The first kappa shape index (κ1) is 17.6. The standard InChI is InChI=1S/C22H20FN5O/c1-12-5-6-13-3-2-4-18(17(13)7-12)28-22-19(21(24)25-11-26-22)20(27-28)14-8-15(23)10-16(29)9-14/h5-11,18,29H,2-4H2,1H3,(H2,24,25,26). The molecule has 4 aromatic rings. The lowest BCUT2D eigenvalue weighted by molar-refractivity contribution is 0.460. The minimum atomic E-state index is -0.545. The van der Waals surface area contributed by atoms with Gasteiger partial charge in [-0.3, -0.25) is 0 Å². The van der Waals surface area contributed by atoms with Crippen LogP contribution in [0.25, 0.3) is 22.3 Å². The van der Waals surface area contributed by atoms with Gasteiger partial charge >= 0.3 is 0 Å². The van der Waals surface area contributed by atoms with E-state index >= 15 is 0 Å². The van der Waals surface area contributed by atoms with Gasteiger partial charge in [0, 0.05) is 11.6 Å². The number of benzene rings is 2. The number of aromatic nitrogens is 4. The van der Waals surface area contributed by atoms with Gasteiger partial charge < -0.3 is 10.8 Å². The van der Waals surface area contributed by atoms with Gasteiger partial charge in [0.1, 0.15) is 29.4 Å². The number of anilines is 1. The molecule has 6 nitrogen and oxygen atoms in total. The summed E-state index contributed by atoms with van der Waals surface area (Å²) in [5.74, 6) is -0.436. The van der Waals surface area contributed by atoms with Gasteiger partial charge in [-0.05, 0) is 49.4 Å². The van der Waals surface area contributed by atoms with Crippen molar-refractivity contribution >= 4 is 16.9 Å². The number of rotatable bonds is 2. The van der Waals surface area contributed by atoms with Crippen LogP contribution >= 0.6 is 0 Å². The number of nitrogens with zero attached hydrogens (tertiary/aromatic N) is 4. The van der Waals surface area contributed by atoms with Gasteiger partial charge in [0.05, 0.1) is 11.4 Å². The summed E-state index contributed by atoms with van der Waals surface area (Å²) >= 11 is 0. The predicted octanol–water partition coefficient (Wildman–Crippen LogP) is 4.15. The number of phenols is 1. The van der Waals surface area contributed by atoms with E-state index in [4.69, 9.17) is 10.8 Å². The summed E-state index contributed by atoms with van der Waals surface area (Å²) < 4.78 is 15.8. The maximum absolute atomic E-state index is 14.0. The molecule has 2 heterocycles. The lowest BCUT2D eigenvalue weighted by Gasteiger charge is -2.26. The van der Waals surface area contributed by atoms with Gasteiger partial charge in [-0.15, -0.1) is 0 Å². The van der Waals surface area contributed by atoms with Crippen LogP contribution in [-0.4, -0.2) is 24.9 Å². The van der Waals surface area contributed by atoms with E-state index in [0.29, 0.717) is 22.3 Å². The molecule has 0 aliphatic heterocycles. The SMILES string of the molecule is Cc1ccc2c(c1)C(n1nc(-c3cc(O)cc(F)c3)c3c(N)ncnc31)CCC2. The smallest absolute Gasteiger partial charge is 0.164 e. The molecule has 1 unspecified atom stereocenters. The monoisotopic (exact) mass is 389 g/mol. The molecule has 1 aliphatic carbocycles. The highest BCUT2D eigenvalue weighted by Gasteiger charge is 2.27. The van der Waals surface area contributed by atoms with Crippen molar-refractivity contribution in [2.75, 3.05) is 5.73 Å². The van der Waals surface area contributed by atoms with Crippen molar-refractivity contribution in [1.82, 2.24) is 19.7 Å². The molecule has 5 rings (SSSR count). The molecular formula is C22H20FN5O. The van der Waals surface area contributed by atoms with E-state index in [-0.39, 0.29) is 17.6 Å². The van der Waals surface area contributed by atoms with E-state index in [1.165, 1.54) is 35.2 Å². The average Bonchev–Trinajstić information content (AvgIpc) is 3.08. The second kappa shape index (κ2) is 6.55. The average molecular weight is 389 g/mol. The Kier molecular flexibility index (Phi) is 3.97. The van der Waals surface area contributed by atoms with Crippen LogP contribution in [0.4, 0.5) is 10.2 Å². The molecule has 0 saturated carbocycles. The van der Waals surface area contributed by atoms with Gasteiger partial charge in [0.15, 0.2) is 5.65 Å². The van der Waals surface area contributed by atoms with Gasteiger partial charge in [0.2, 0.25) is 0 Å². The fourth-order valence-corrected chi connectivity index (χ4v) is 4.27. The molecule has 146 valence electrons. The first-order valence-electron chi connectivity index (χ1n) is 9.59. The van der Waals surface area contributed by atoms with Gasteiger partial charge in [-0.1, -0.05) is 23.8 Å². The topological polar surface area (TPSA) is 89.8 Å². The summed E-state index contributed by atoms with van der Waals surface area (Å²) in [7, 11) is 0. The highest BCUT2D eigenvalue weighted by Crippen LogP contribution is 2.38. The van der Waals surface area contributed by atoms with Crippen LogP contribution in [0.3, 0.4) is 0 Å². The summed E-state index contributed by atoms with van der Waals surface area (Å²) in [6.07, 6.45) is 4.42. The predicted molar refractivity (Wildman–Crippen MR) is 109 cm³/mol. The van der Waals surface area contributed by atoms with Crippen molar-refractivity contribution in [1.29, 1.82) is 0 Å². The van der Waals surface area contributed by atoms with E-state index in [2.05, 4.69) is 35.1 Å². The molecule has 3 N–H and O–H groups in total. The number of aromatic hydroxyl groups is 1. The Bertz CT molecular complexity index is 1230. The van der Waals surface area contributed by atoms with Crippen LogP contribution in [-0.2, 0) is 6.42 Å². The third-order valence-corrected chi connectivity index (χ3v) is 5.55. The molecule has 0 spiro atoms. The number of halogens is 1. The second-order valence-corrected chi connectivity index (χ2v) is 7.56. The second-order valence-electron chi connectivity index (χ2n) is 7.56. The quantitative estimate of drug-likeness (QED) is 0.537. The summed E-state index contributed by atoms with van der Waals surface area (Å²) in [6.45, 7) is 2.08. The zero-order valence-electron chi connectivity index (χ0n) is 15.9. The van der Waals surface area contributed by atoms with Crippen LogP contribution in [0.15, 0.2) is 42.7 Å². The largest absolute Gasteiger partial charge is 0.508 e. The molecule has 29 heavy (non-hydrogen) atoms. The highest BCUT2D eigenvalue weighted by atomic mass is 19.1. The van der Waals surface area contributed by atoms with Crippen molar-refractivity contribution in [3.05, 3.63) is 65.2 Å². The Morgan fingerprint density at radius 3 is 2.86 bits per heavy atom. The summed E-state index contributed by atoms with van der Waals surface area (Å²) in [4.78, 5) is 8.57. The maximum atomic E-state index is 14.0. The summed E-state index contributed by atoms with van der Waals surface area (Å²) in [6, 6.07) is 10.4. The minimum absolute atomic E-state index is 0.00589. The third kappa shape index (κ3) is 2.90. The fourth-order valence-electron chi connectivity index (χ4n) is 4.27. The molecule has 2 aromatic heterocycles. The zero-order chi connectivity index (χ0) is 20.1. The maximum Gasteiger partial charge on any atom is 0.164 e. The van der Waals surface area contributed by atoms with E-state index in [1.54, 1.807) is 0 Å². The van der Waals surface area contributed by atoms with Crippen molar-refractivity contribution in [2.24, 2.45) is 0 Å². The van der Waals surface area contributed by atoms with Gasteiger partial charge in [-0.25, -0.2) is 19.0 Å². The number of phenolic OH excluding ortho intramolecular Hbond substituents is 1. The molecule has 1 atom stereocenters. The molecule has 0 amide bonds. The van der Waals surface area contributed by atoms with Crippen LogP contribution in [0.2, 0.25) is 0 Å². The number of nitrogens with two attached hydrogens (primary N) is 1. The zero-order valence-corrected chi connectivity index (χ0v) is 15.9. The van der Waals surface area contributed by atoms with Crippen molar-refractivity contribution in [3.8, 4) is 17.0 Å². The Labute approximate surface area is 166 Å². The van der Waals surface area contributed by atoms with Crippen molar-refractivity contribution < 1.29 is 9.50 Å². The molecule has 0 saturated heterocycles. The van der Waals surface area contributed by atoms with Crippen LogP contribution in [0, 0.1) is 12.7 Å². The normalized spacial score (nSPS) is 16.1. The molecule has 0 fully saturated rings. The minimum Gasteiger partial charge on any atom is -0.508 e. The number of hydrogen-bond acceptors (Lipinski definition) is 5.